The monoisotopic (exact) mass is 361 g/mol. The van der Waals surface area contributed by atoms with Gasteiger partial charge in [0.2, 0.25) is 0 Å². The van der Waals surface area contributed by atoms with E-state index in [9.17, 15) is 9.50 Å². The third kappa shape index (κ3) is 7.25. The molecule has 1 unspecified atom stereocenters. The van der Waals surface area contributed by atoms with Gasteiger partial charge in [-0.1, -0.05) is 13.8 Å². The highest BCUT2D eigenvalue weighted by atomic mass is 79.9. The van der Waals surface area contributed by atoms with Gasteiger partial charge >= 0.3 is 0 Å². The van der Waals surface area contributed by atoms with Gasteiger partial charge in [-0.15, -0.1) is 0 Å². The van der Waals surface area contributed by atoms with Crippen LogP contribution in [0.4, 0.5) is 10.1 Å². The van der Waals surface area contributed by atoms with E-state index in [-0.39, 0.29) is 5.82 Å². The van der Waals surface area contributed by atoms with E-state index in [2.05, 4.69) is 35.1 Å². The van der Waals surface area contributed by atoms with Crippen molar-refractivity contribution in [1.29, 1.82) is 0 Å². The largest absolute Gasteiger partial charge is 0.389 e. The van der Waals surface area contributed by atoms with Crippen molar-refractivity contribution in [2.24, 2.45) is 5.92 Å². The van der Waals surface area contributed by atoms with Crippen LogP contribution in [0, 0.1) is 18.7 Å². The zero-order chi connectivity index (χ0) is 15.8. The number of benzene rings is 1. The minimum atomic E-state index is -0.602. The summed E-state index contributed by atoms with van der Waals surface area (Å²) in [5.74, 6) is 0.359. The molecule has 0 aliphatic heterocycles. The number of ether oxygens (including phenoxy) is 1. The summed E-state index contributed by atoms with van der Waals surface area (Å²) in [5, 5.41) is 12.9. The predicted molar refractivity (Wildman–Crippen MR) is 88.2 cm³/mol. The van der Waals surface area contributed by atoms with E-state index >= 15 is 0 Å². The van der Waals surface area contributed by atoms with Crippen LogP contribution in [0.1, 0.15) is 32.3 Å². The third-order valence-electron chi connectivity index (χ3n) is 3.18. The van der Waals surface area contributed by atoms with Crippen LogP contribution >= 0.6 is 15.9 Å². The minimum absolute atomic E-state index is 0.295. The summed E-state index contributed by atoms with van der Waals surface area (Å²) in [6.45, 7) is 7.55. The third-order valence-corrected chi connectivity index (χ3v) is 3.78. The first-order valence-corrected chi connectivity index (χ1v) is 8.14. The molecule has 1 aromatic carbocycles. The molecule has 0 radical (unpaired) electrons. The molecular weight excluding hydrogens is 337 g/mol. The molecule has 0 saturated carbocycles. The Morgan fingerprint density at radius 1 is 1.38 bits per heavy atom. The van der Waals surface area contributed by atoms with Crippen molar-refractivity contribution >= 4 is 21.6 Å². The molecule has 0 amide bonds. The van der Waals surface area contributed by atoms with Gasteiger partial charge in [0.25, 0.3) is 0 Å². The van der Waals surface area contributed by atoms with Crippen LogP contribution in [0.2, 0.25) is 0 Å². The molecule has 3 nitrogen and oxygen atoms in total. The molecule has 120 valence electrons. The summed E-state index contributed by atoms with van der Waals surface area (Å²) in [7, 11) is 0. The average molecular weight is 362 g/mol. The van der Waals surface area contributed by atoms with E-state index in [1.807, 2.05) is 6.92 Å². The number of nitrogens with one attached hydrogen (secondary N) is 1. The summed E-state index contributed by atoms with van der Waals surface area (Å²) in [5.41, 5.74) is 1.61. The van der Waals surface area contributed by atoms with E-state index < -0.39 is 6.10 Å². The lowest BCUT2D eigenvalue weighted by Crippen LogP contribution is -2.25. The smallest absolute Gasteiger partial charge is 0.139 e. The standard InChI is InChI=1S/C16H25BrFNO2/c1-11(2)5-4-6-21-10-13(20)9-19-16-8-15(18)14(17)7-12(16)3/h7-8,11,13,19-20H,4-6,9-10H2,1-3H3. The Morgan fingerprint density at radius 2 is 2.10 bits per heavy atom. The predicted octanol–water partition coefficient (Wildman–Crippen LogP) is 4.12. The van der Waals surface area contributed by atoms with Crippen molar-refractivity contribution in [2.75, 3.05) is 25.1 Å². The SMILES string of the molecule is Cc1cc(Br)c(F)cc1NCC(O)COCCCC(C)C. The number of aliphatic hydroxyl groups is 1. The molecule has 0 aromatic heterocycles. The minimum Gasteiger partial charge on any atom is -0.389 e. The Kier molecular flexibility index (Phi) is 8.22. The topological polar surface area (TPSA) is 41.5 Å². The zero-order valence-corrected chi connectivity index (χ0v) is 14.5. The quantitative estimate of drug-likeness (QED) is 0.650. The van der Waals surface area contributed by atoms with Gasteiger partial charge in [0.1, 0.15) is 5.82 Å². The number of halogens is 2. The van der Waals surface area contributed by atoms with Gasteiger partial charge in [0.05, 0.1) is 17.2 Å². The second kappa shape index (κ2) is 9.38. The summed E-state index contributed by atoms with van der Waals surface area (Å²) in [4.78, 5) is 0. The van der Waals surface area contributed by atoms with Gasteiger partial charge in [0, 0.05) is 18.8 Å². The molecule has 0 spiro atoms. The van der Waals surface area contributed by atoms with Crippen LogP contribution < -0.4 is 5.32 Å². The fourth-order valence-corrected chi connectivity index (χ4v) is 2.39. The molecular formula is C16H25BrFNO2. The van der Waals surface area contributed by atoms with Crippen LogP contribution in [-0.2, 0) is 4.74 Å². The summed E-state index contributed by atoms with van der Waals surface area (Å²) in [6.07, 6.45) is 1.54. The first-order chi connectivity index (χ1) is 9.90. The van der Waals surface area contributed by atoms with Crippen LogP contribution in [0.3, 0.4) is 0 Å². The molecule has 0 saturated heterocycles. The Hall–Kier alpha value is -0.650. The Labute approximate surface area is 135 Å². The Morgan fingerprint density at radius 3 is 2.76 bits per heavy atom. The molecule has 0 aliphatic rings. The number of anilines is 1. The number of rotatable bonds is 9. The van der Waals surface area contributed by atoms with E-state index in [1.54, 1.807) is 6.07 Å². The van der Waals surface area contributed by atoms with Gasteiger partial charge in [-0.25, -0.2) is 4.39 Å². The van der Waals surface area contributed by atoms with Crippen molar-refractivity contribution in [2.45, 2.75) is 39.7 Å². The first-order valence-electron chi connectivity index (χ1n) is 7.35. The highest BCUT2D eigenvalue weighted by Crippen LogP contribution is 2.23. The molecule has 0 heterocycles. The molecule has 1 rings (SSSR count). The molecule has 21 heavy (non-hydrogen) atoms. The lowest BCUT2D eigenvalue weighted by molar-refractivity contribution is 0.0409. The van der Waals surface area contributed by atoms with Crippen molar-refractivity contribution in [3.05, 3.63) is 28.0 Å². The fourth-order valence-electron chi connectivity index (χ4n) is 1.94. The maximum Gasteiger partial charge on any atom is 0.139 e. The van der Waals surface area contributed by atoms with Crippen LogP contribution in [-0.4, -0.2) is 31.0 Å². The van der Waals surface area contributed by atoms with E-state index in [1.165, 1.54) is 6.07 Å². The summed E-state index contributed by atoms with van der Waals surface area (Å²) < 4.78 is 19.3. The number of aryl methyl sites for hydroxylation is 1. The van der Waals surface area contributed by atoms with Crippen molar-refractivity contribution in [3.8, 4) is 0 Å². The van der Waals surface area contributed by atoms with Crippen LogP contribution in [0.5, 0.6) is 0 Å². The Bertz CT molecular complexity index is 441. The van der Waals surface area contributed by atoms with Gasteiger partial charge in [-0.3, -0.25) is 0 Å². The highest BCUT2D eigenvalue weighted by molar-refractivity contribution is 9.10. The molecule has 1 aromatic rings. The lowest BCUT2D eigenvalue weighted by atomic mass is 10.1. The number of aliphatic hydroxyl groups excluding tert-OH is 1. The van der Waals surface area contributed by atoms with E-state index in [0.717, 1.165) is 18.4 Å². The molecule has 2 N–H and O–H groups in total. The maximum atomic E-state index is 13.5. The van der Waals surface area contributed by atoms with Gasteiger partial charge in [-0.05, 0) is 59.3 Å². The average Bonchev–Trinajstić information content (AvgIpc) is 2.40. The molecule has 0 fully saturated rings. The molecule has 0 bridgehead atoms. The van der Waals surface area contributed by atoms with Gasteiger partial charge in [-0.2, -0.15) is 0 Å². The lowest BCUT2D eigenvalue weighted by Gasteiger charge is -2.15. The summed E-state index contributed by atoms with van der Waals surface area (Å²) >= 11 is 3.15. The fraction of sp³-hybridized carbons (Fsp3) is 0.625. The van der Waals surface area contributed by atoms with Crippen LogP contribution in [0.25, 0.3) is 0 Å². The van der Waals surface area contributed by atoms with E-state index in [0.29, 0.717) is 35.8 Å². The maximum absolute atomic E-state index is 13.5. The zero-order valence-electron chi connectivity index (χ0n) is 13.0. The van der Waals surface area contributed by atoms with E-state index in [4.69, 9.17) is 4.74 Å². The van der Waals surface area contributed by atoms with Gasteiger partial charge < -0.3 is 15.2 Å². The van der Waals surface area contributed by atoms with Crippen LogP contribution in [0.15, 0.2) is 16.6 Å². The van der Waals surface area contributed by atoms with Crippen molar-refractivity contribution in [3.63, 3.8) is 0 Å². The second-order valence-electron chi connectivity index (χ2n) is 5.73. The molecule has 5 heteroatoms. The number of hydrogen-bond acceptors (Lipinski definition) is 3. The number of hydrogen-bond donors (Lipinski definition) is 2. The van der Waals surface area contributed by atoms with Crippen molar-refractivity contribution < 1.29 is 14.2 Å². The molecule has 0 aliphatic carbocycles. The first kappa shape index (κ1) is 18.4. The highest BCUT2D eigenvalue weighted by Gasteiger charge is 2.08. The van der Waals surface area contributed by atoms with Gasteiger partial charge in [0.15, 0.2) is 0 Å². The normalized spacial score (nSPS) is 12.7. The van der Waals surface area contributed by atoms with Crippen molar-refractivity contribution in [1.82, 2.24) is 0 Å². The second-order valence-corrected chi connectivity index (χ2v) is 6.58. The molecule has 1 atom stereocenters. The Balaban J connectivity index is 2.27. The summed E-state index contributed by atoms with van der Waals surface area (Å²) in [6, 6.07) is 3.14.